The Labute approximate surface area is 287 Å². The number of ketones is 2. The first kappa shape index (κ1) is 34.5. The van der Waals surface area contributed by atoms with Gasteiger partial charge in [-0.05, 0) is 25.8 Å². The van der Waals surface area contributed by atoms with Crippen molar-refractivity contribution < 1.29 is 58.5 Å². The quantitative estimate of drug-likeness (QED) is 0.135. The van der Waals surface area contributed by atoms with Crippen LogP contribution in [0.15, 0.2) is 23.3 Å². The molecule has 15 nitrogen and oxygen atoms in total. The molecule has 0 unspecified atom stereocenters. The van der Waals surface area contributed by atoms with Gasteiger partial charge in [-0.1, -0.05) is 12.1 Å². The number of carbonyl (C=O) groups excluding carboxylic acids is 3. The topological polar surface area (TPSA) is 206 Å². The highest BCUT2D eigenvalue weighted by molar-refractivity contribution is 6.31. The van der Waals surface area contributed by atoms with Crippen molar-refractivity contribution >= 4 is 23.2 Å². The number of carbonyl (C=O) groups is 3. The molecular weight excluding hydrogens is 654 g/mol. The van der Waals surface area contributed by atoms with Crippen LogP contribution in [0.25, 0.3) is 0 Å². The molecule has 0 radical (unpaired) electrons. The van der Waals surface area contributed by atoms with Crippen LogP contribution in [0.2, 0.25) is 0 Å². The number of rotatable bonds is 7. The van der Waals surface area contributed by atoms with E-state index in [0.717, 1.165) is 19.4 Å². The number of hydrazone groups is 1. The maximum atomic E-state index is 14.0. The predicted molar refractivity (Wildman–Crippen MR) is 173 cm³/mol. The van der Waals surface area contributed by atoms with E-state index in [1.807, 2.05) is 6.92 Å². The zero-order chi connectivity index (χ0) is 35.6. The summed E-state index contributed by atoms with van der Waals surface area (Å²) in [5.74, 6) is -3.12. The Hall–Kier alpha value is -3.96. The molecule has 2 aromatic carbocycles. The Kier molecular flexibility index (Phi) is 8.95. The molecule has 3 aliphatic heterocycles. The number of amides is 1. The third-order valence-electron chi connectivity index (χ3n) is 10.6. The number of aromatic hydroxyl groups is 2. The minimum atomic E-state index is -2.04. The number of methoxy groups -OCH3 is 2. The SMILES string of the molecule is COc1cccc2c1C(=O)c1c(O)c3c(c(O)c1C2=O)C[C@@](O)(/C(CO)=N/NC(C)=O)C[C@@H]3O[C@H]1C[C@H]2[C@H](O[C@@H]3[C@@H](OC)CCCN32)[C@H](C)O1. The molecule has 0 spiro atoms. The Morgan fingerprint density at radius 2 is 1.88 bits per heavy atom. The average molecular weight is 696 g/mol. The van der Waals surface area contributed by atoms with Crippen molar-refractivity contribution in [3.8, 4) is 17.2 Å². The van der Waals surface area contributed by atoms with E-state index in [1.54, 1.807) is 7.11 Å². The second kappa shape index (κ2) is 13.0. The van der Waals surface area contributed by atoms with Crippen LogP contribution < -0.4 is 10.2 Å². The summed E-state index contributed by atoms with van der Waals surface area (Å²) < 4.78 is 30.4. The zero-order valence-corrected chi connectivity index (χ0v) is 28.2. The summed E-state index contributed by atoms with van der Waals surface area (Å²) in [4.78, 5) is 41.9. The van der Waals surface area contributed by atoms with Gasteiger partial charge < -0.3 is 44.1 Å². The third kappa shape index (κ3) is 5.39. The van der Waals surface area contributed by atoms with Crippen molar-refractivity contribution in [3.05, 3.63) is 51.6 Å². The number of hydrogen-bond acceptors (Lipinski definition) is 14. The average Bonchev–Trinajstić information content (AvgIpc) is 3.47. The number of hydrogen-bond donors (Lipinski definition) is 5. The van der Waals surface area contributed by atoms with E-state index in [-0.39, 0.29) is 64.6 Å². The van der Waals surface area contributed by atoms with Crippen molar-refractivity contribution in [1.82, 2.24) is 10.3 Å². The standard InChI is InChI=1S/C35H41N3O12/c1-15-33-19(38-10-6-9-21(47-4)34(38)50-33)11-24(48-15)49-22-13-35(45,23(14-39)37-36-16(2)40)12-18-26(22)32(44)28-27(30(18)42)29(41)17-7-5-8-20(46-3)25(17)31(28)43/h5,7-8,15,19,21-22,24,33-34,39,42,44-45H,6,9-14H2,1-4H3,(H,36,40)/b37-23+/t15-,19-,21-,22-,24-,33+,34+,35-/m0/s1. The van der Waals surface area contributed by atoms with Crippen LogP contribution in [0, 0.1) is 0 Å². The molecule has 1 amide bonds. The van der Waals surface area contributed by atoms with Crippen molar-refractivity contribution in [2.75, 3.05) is 27.4 Å². The number of fused-ring (bicyclic) bond motifs is 6. The van der Waals surface area contributed by atoms with Gasteiger partial charge in [0.05, 0.1) is 54.4 Å². The van der Waals surface area contributed by atoms with Crippen LogP contribution in [-0.2, 0) is 30.2 Å². The van der Waals surface area contributed by atoms with E-state index in [4.69, 9.17) is 23.7 Å². The number of piperidine rings is 1. The first-order chi connectivity index (χ1) is 23.9. The molecule has 3 heterocycles. The van der Waals surface area contributed by atoms with Gasteiger partial charge in [-0.15, -0.1) is 0 Å². The lowest BCUT2D eigenvalue weighted by Crippen LogP contribution is -2.54. The molecule has 2 aliphatic carbocycles. The highest BCUT2D eigenvalue weighted by Gasteiger charge is 2.54. The molecule has 5 N–H and O–H groups in total. The monoisotopic (exact) mass is 695 g/mol. The Morgan fingerprint density at radius 1 is 1.12 bits per heavy atom. The van der Waals surface area contributed by atoms with E-state index in [0.29, 0.717) is 6.42 Å². The van der Waals surface area contributed by atoms with Crippen molar-refractivity contribution in [3.63, 3.8) is 0 Å². The molecule has 0 aromatic heterocycles. The molecule has 3 saturated heterocycles. The van der Waals surface area contributed by atoms with E-state index in [1.165, 1.54) is 32.2 Å². The molecule has 7 rings (SSSR count). The van der Waals surface area contributed by atoms with E-state index >= 15 is 0 Å². The second-order valence-electron chi connectivity index (χ2n) is 13.5. The molecule has 5 aliphatic rings. The fraction of sp³-hybridized carbons (Fsp3) is 0.543. The summed E-state index contributed by atoms with van der Waals surface area (Å²) in [6, 6.07) is 4.37. The third-order valence-corrected chi connectivity index (χ3v) is 10.6. The molecule has 3 fully saturated rings. The van der Waals surface area contributed by atoms with Crippen LogP contribution >= 0.6 is 0 Å². The number of nitrogens with zero attached hydrogens (tertiary/aromatic N) is 2. The van der Waals surface area contributed by atoms with Crippen molar-refractivity contribution in [2.24, 2.45) is 5.10 Å². The number of aliphatic hydroxyl groups excluding tert-OH is 1. The van der Waals surface area contributed by atoms with Crippen LogP contribution in [0.5, 0.6) is 17.2 Å². The number of phenols is 2. The maximum absolute atomic E-state index is 14.0. The molecule has 0 saturated carbocycles. The lowest BCUT2D eigenvalue weighted by Gasteiger charge is -2.44. The first-order valence-electron chi connectivity index (χ1n) is 16.7. The summed E-state index contributed by atoms with van der Waals surface area (Å²) in [7, 11) is 3.02. The van der Waals surface area contributed by atoms with Gasteiger partial charge in [0.1, 0.15) is 35.2 Å². The van der Waals surface area contributed by atoms with Gasteiger partial charge in [0.25, 0.3) is 0 Å². The molecular formula is C35H41N3O12. The Balaban J connectivity index is 1.32. The zero-order valence-electron chi connectivity index (χ0n) is 28.2. The van der Waals surface area contributed by atoms with Gasteiger partial charge in [-0.2, -0.15) is 5.10 Å². The van der Waals surface area contributed by atoms with E-state index < -0.39 is 77.2 Å². The molecule has 0 bridgehead atoms. The summed E-state index contributed by atoms with van der Waals surface area (Å²) in [5, 5.41) is 50.1. The van der Waals surface area contributed by atoms with Crippen molar-refractivity contribution in [1.29, 1.82) is 0 Å². The lowest BCUT2D eigenvalue weighted by molar-refractivity contribution is -0.246. The molecule has 8 atom stereocenters. The smallest absolute Gasteiger partial charge is 0.236 e. The molecule has 268 valence electrons. The first-order valence-corrected chi connectivity index (χ1v) is 16.7. The van der Waals surface area contributed by atoms with Gasteiger partial charge in [0.2, 0.25) is 11.7 Å². The summed E-state index contributed by atoms with van der Waals surface area (Å²) in [6.45, 7) is 3.09. The fourth-order valence-electron chi connectivity index (χ4n) is 8.37. The summed E-state index contributed by atoms with van der Waals surface area (Å²) in [5.41, 5.74) is -1.09. The van der Waals surface area contributed by atoms with Gasteiger partial charge >= 0.3 is 0 Å². The number of phenolic OH excluding ortho intramolecular Hbond substituents is 2. The van der Waals surface area contributed by atoms with Crippen LogP contribution in [0.1, 0.15) is 88.6 Å². The fourth-order valence-corrected chi connectivity index (χ4v) is 8.37. The van der Waals surface area contributed by atoms with Crippen LogP contribution in [-0.4, -0.2) is 118 Å². The van der Waals surface area contributed by atoms with E-state index in [9.17, 15) is 34.8 Å². The van der Waals surface area contributed by atoms with E-state index in [2.05, 4.69) is 15.4 Å². The number of ether oxygens (including phenoxy) is 5. The number of nitrogens with one attached hydrogen (secondary N) is 1. The predicted octanol–water partition coefficient (Wildman–Crippen LogP) is 1.44. The molecule has 15 heteroatoms. The lowest BCUT2D eigenvalue weighted by atomic mass is 9.71. The Morgan fingerprint density at radius 3 is 2.58 bits per heavy atom. The largest absolute Gasteiger partial charge is 0.507 e. The minimum absolute atomic E-state index is 0.0152. The number of benzene rings is 2. The van der Waals surface area contributed by atoms with Gasteiger partial charge in [0, 0.05) is 62.6 Å². The van der Waals surface area contributed by atoms with Crippen LogP contribution in [0.3, 0.4) is 0 Å². The summed E-state index contributed by atoms with van der Waals surface area (Å²) >= 11 is 0. The van der Waals surface area contributed by atoms with Crippen LogP contribution in [0.4, 0.5) is 0 Å². The molecule has 50 heavy (non-hydrogen) atoms. The number of aliphatic hydroxyl groups is 2. The molecule has 2 aromatic rings. The highest BCUT2D eigenvalue weighted by Crippen LogP contribution is 2.53. The minimum Gasteiger partial charge on any atom is -0.507 e. The van der Waals surface area contributed by atoms with Gasteiger partial charge in [-0.25, -0.2) is 5.43 Å². The second-order valence-corrected chi connectivity index (χ2v) is 13.5. The Bertz CT molecular complexity index is 1780. The summed E-state index contributed by atoms with van der Waals surface area (Å²) in [6.07, 6.45) is -1.85. The van der Waals surface area contributed by atoms with Gasteiger partial charge in [0.15, 0.2) is 12.1 Å². The van der Waals surface area contributed by atoms with Gasteiger partial charge in [-0.3, -0.25) is 19.3 Å². The van der Waals surface area contributed by atoms with Crippen molar-refractivity contribution in [2.45, 2.75) is 94.5 Å². The normalized spacial score (nSPS) is 32.0. The maximum Gasteiger partial charge on any atom is 0.236 e. The highest BCUT2D eigenvalue weighted by atomic mass is 16.7.